The van der Waals surface area contributed by atoms with E-state index < -0.39 is 6.10 Å². The first-order chi connectivity index (χ1) is 41.0. The Morgan fingerprint density at radius 2 is 0.470 bits per heavy atom. The molecule has 0 rings (SSSR count). The quantitative estimate of drug-likeness (QED) is 0.0261. The SMILES string of the molecule is CC/C=C\C/C=C\C/C=C\C/C=C\C/C=C\C/C=C\CCCCCCCCCCCCCCCCC(=O)OCC(COC(=O)CCCCCCC/C=C\C/C=C\C/C=C\CC)OC(=O)CCCCCCCCC/C=C\CCCCCCCC. The largest absolute Gasteiger partial charge is 0.462 e. The molecule has 0 fully saturated rings. The molecule has 0 amide bonds. The summed E-state index contributed by atoms with van der Waals surface area (Å²) in [7, 11) is 0. The van der Waals surface area contributed by atoms with Gasteiger partial charge in [-0.1, -0.05) is 303 Å². The van der Waals surface area contributed by atoms with E-state index in [0.717, 1.165) is 135 Å². The lowest BCUT2D eigenvalue weighted by molar-refractivity contribution is -0.167. The van der Waals surface area contributed by atoms with Crippen LogP contribution in [-0.2, 0) is 28.6 Å². The van der Waals surface area contributed by atoms with Gasteiger partial charge >= 0.3 is 17.9 Å². The van der Waals surface area contributed by atoms with Crippen LogP contribution in [0.4, 0.5) is 0 Å². The molecule has 0 bridgehead atoms. The van der Waals surface area contributed by atoms with Crippen molar-refractivity contribution in [3.05, 3.63) is 122 Å². The molecule has 0 aliphatic heterocycles. The van der Waals surface area contributed by atoms with E-state index >= 15 is 0 Å². The average Bonchev–Trinajstić information content (AvgIpc) is 3.49. The predicted molar refractivity (Wildman–Crippen MR) is 362 cm³/mol. The van der Waals surface area contributed by atoms with Gasteiger partial charge in [0.15, 0.2) is 6.10 Å². The van der Waals surface area contributed by atoms with Gasteiger partial charge in [0.2, 0.25) is 0 Å². The Labute approximate surface area is 513 Å². The third-order valence-corrected chi connectivity index (χ3v) is 14.9. The Balaban J connectivity index is 4.25. The number of allylic oxidation sites excluding steroid dienone is 20. The van der Waals surface area contributed by atoms with E-state index in [2.05, 4.69) is 142 Å². The summed E-state index contributed by atoms with van der Waals surface area (Å²) in [6, 6.07) is 0. The molecule has 0 aliphatic rings. The summed E-state index contributed by atoms with van der Waals surface area (Å²) < 4.78 is 17.0. The van der Waals surface area contributed by atoms with E-state index in [0.29, 0.717) is 19.3 Å². The van der Waals surface area contributed by atoms with Gasteiger partial charge in [-0.05, 0) is 128 Å². The van der Waals surface area contributed by atoms with Crippen LogP contribution in [0.1, 0.15) is 329 Å². The Bertz CT molecular complexity index is 1700. The molecule has 83 heavy (non-hydrogen) atoms. The lowest BCUT2D eigenvalue weighted by Crippen LogP contribution is -2.30. The van der Waals surface area contributed by atoms with E-state index in [4.69, 9.17) is 14.2 Å². The Morgan fingerprint density at radius 3 is 0.747 bits per heavy atom. The molecular weight excluding hydrogens is 1020 g/mol. The molecule has 474 valence electrons. The van der Waals surface area contributed by atoms with Crippen LogP contribution in [0.2, 0.25) is 0 Å². The number of rotatable bonds is 63. The highest BCUT2D eigenvalue weighted by molar-refractivity contribution is 5.71. The molecule has 0 spiro atoms. The van der Waals surface area contributed by atoms with Gasteiger partial charge in [0.25, 0.3) is 0 Å². The molecule has 1 unspecified atom stereocenters. The molecular formula is C77H130O6. The normalized spacial score (nSPS) is 12.9. The summed E-state index contributed by atoms with van der Waals surface area (Å²) in [5, 5.41) is 0. The summed E-state index contributed by atoms with van der Waals surface area (Å²) in [5.74, 6) is -0.897. The summed E-state index contributed by atoms with van der Waals surface area (Å²) in [4.78, 5) is 38.4. The monoisotopic (exact) mass is 1150 g/mol. The van der Waals surface area contributed by atoms with Crippen LogP contribution in [0.15, 0.2) is 122 Å². The summed E-state index contributed by atoms with van der Waals surface area (Å²) in [5.41, 5.74) is 0. The zero-order valence-electron chi connectivity index (χ0n) is 54.4. The molecule has 0 aromatic carbocycles. The zero-order valence-corrected chi connectivity index (χ0v) is 54.4. The zero-order chi connectivity index (χ0) is 59.9. The van der Waals surface area contributed by atoms with Crippen LogP contribution in [-0.4, -0.2) is 37.2 Å². The summed E-state index contributed by atoms with van der Waals surface area (Å²) >= 11 is 0. The number of ether oxygens (including phenoxy) is 3. The number of hydrogen-bond donors (Lipinski definition) is 0. The molecule has 1 atom stereocenters. The van der Waals surface area contributed by atoms with E-state index in [-0.39, 0.29) is 31.1 Å². The Hall–Kier alpha value is -4.19. The van der Waals surface area contributed by atoms with Gasteiger partial charge in [-0.25, -0.2) is 0 Å². The second-order valence-corrected chi connectivity index (χ2v) is 23.0. The number of hydrogen-bond acceptors (Lipinski definition) is 6. The highest BCUT2D eigenvalue weighted by atomic mass is 16.6. The second kappa shape index (κ2) is 70.3. The lowest BCUT2D eigenvalue weighted by Gasteiger charge is -2.18. The molecule has 0 saturated heterocycles. The fourth-order valence-electron chi connectivity index (χ4n) is 9.75. The number of esters is 3. The molecule has 0 aliphatic carbocycles. The van der Waals surface area contributed by atoms with Crippen molar-refractivity contribution in [1.82, 2.24) is 0 Å². The van der Waals surface area contributed by atoms with Crippen molar-refractivity contribution in [2.24, 2.45) is 0 Å². The van der Waals surface area contributed by atoms with Gasteiger partial charge in [0, 0.05) is 19.3 Å². The Kier molecular flexibility index (Phi) is 66.7. The maximum Gasteiger partial charge on any atom is 0.306 e. The van der Waals surface area contributed by atoms with Gasteiger partial charge in [-0.15, -0.1) is 0 Å². The van der Waals surface area contributed by atoms with Crippen molar-refractivity contribution >= 4 is 17.9 Å². The molecule has 0 saturated carbocycles. The molecule has 6 heteroatoms. The minimum atomic E-state index is -0.790. The molecule has 0 heterocycles. The van der Waals surface area contributed by atoms with Crippen LogP contribution in [0, 0.1) is 0 Å². The van der Waals surface area contributed by atoms with Crippen LogP contribution in [0.3, 0.4) is 0 Å². The van der Waals surface area contributed by atoms with Gasteiger partial charge < -0.3 is 14.2 Å². The van der Waals surface area contributed by atoms with Crippen LogP contribution in [0.5, 0.6) is 0 Å². The van der Waals surface area contributed by atoms with Gasteiger partial charge in [-0.3, -0.25) is 14.4 Å². The number of carbonyl (C=O) groups is 3. The predicted octanol–water partition coefficient (Wildman–Crippen LogP) is 24.3. The third-order valence-electron chi connectivity index (χ3n) is 14.9. The van der Waals surface area contributed by atoms with Gasteiger partial charge in [0.1, 0.15) is 13.2 Å². The number of unbranched alkanes of at least 4 members (excludes halogenated alkanes) is 32. The molecule has 6 nitrogen and oxygen atoms in total. The number of carbonyl (C=O) groups excluding carboxylic acids is 3. The highest BCUT2D eigenvalue weighted by Crippen LogP contribution is 2.17. The fourth-order valence-corrected chi connectivity index (χ4v) is 9.75. The van der Waals surface area contributed by atoms with Crippen molar-refractivity contribution in [3.63, 3.8) is 0 Å². The van der Waals surface area contributed by atoms with E-state index in [1.54, 1.807) is 0 Å². The minimum Gasteiger partial charge on any atom is -0.462 e. The third kappa shape index (κ3) is 68.5. The van der Waals surface area contributed by atoms with Gasteiger partial charge in [0.05, 0.1) is 0 Å². The highest BCUT2D eigenvalue weighted by Gasteiger charge is 2.19. The Morgan fingerprint density at radius 1 is 0.253 bits per heavy atom. The van der Waals surface area contributed by atoms with Crippen molar-refractivity contribution in [2.45, 2.75) is 335 Å². The fraction of sp³-hybridized carbons (Fsp3) is 0.701. The smallest absolute Gasteiger partial charge is 0.306 e. The lowest BCUT2D eigenvalue weighted by atomic mass is 10.0. The van der Waals surface area contributed by atoms with E-state index in [1.165, 1.54) is 154 Å². The summed E-state index contributed by atoms with van der Waals surface area (Å²) in [6.45, 7) is 6.42. The van der Waals surface area contributed by atoms with Crippen LogP contribution in [0.25, 0.3) is 0 Å². The van der Waals surface area contributed by atoms with E-state index in [9.17, 15) is 14.4 Å². The average molecular weight is 1150 g/mol. The van der Waals surface area contributed by atoms with Crippen LogP contribution >= 0.6 is 0 Å². The van der Waals surface area contributed by atoms with Crippen molar-refractivity contribution in [2.75, 3.05) is 13.2 Å². The standard InChI is InChI=1S/C77H130O6/c1-4-7-10-13-16-19-22-25-28-30-31-32-33-34-35-36-37-38-39-40-41-42-43-44-45-47-49-52-55-58-61-64-67-70-76(79)82-73-74(72-81-75(78)69-66-63-60-57-54-51-48-27-24-21-18-15-12-9-6-3)83-77(80)71-68-65-62-59-56-53-50-46-29-26-23-20-17-14-11-8-5-2/h7,9-10,12,16,18-19,21,25-29,31-32,34-35,37-38,48,74H,4-6,8,11,13-15,17,20,22-24,30,33,36,39-47,49-73H2,1-3H3/b10-7-,12-9-,19-16-,21-18-,28-25-,29-26-,32-31-,35-34-,38-37-,48-27-. The first-order valence-corrected chi connectivity index (χ1v) is 35.0. The second-order valence-electron chi connectivity index (χ2n) is 23.0. The van der Waals surface area contributed by atoms with Gasteiger partial charge in [-0.2, -0.15) is 0 Å². The molecule has 0 aromatic rings. The van der Waals surface area contributed by atoms with Crippen LogP contribution < -0.4 is 0 Å². The van der Waals surface area contributed by atoms with Crippen molar-refractivity contribution in [1.29, 1.82) is 0 Å². The molecule has 0 radical (unpaired) electrons. The van der Waals surface area contributed by atoms with Crippen molar-refractivity contribution < 1.29 is 28.6 Å². The maximum atomic E-state index is 12.9. The first kappa shape index (κ1) is 78.8. The molecule has 0 N–H and O–H groups in total. The molecule has 0 aromatic heterocycles. The maximum absolute atomic E-state index is 12.9. The topological polar surface area (TPSA) is 78.9 Å². The summed E-state index contributed by atoms with van der Waals surface area (Å²) in [6.07, 6.45) is 97.9. The van der Waals surface area contributed by atoms with E-state index in [1.807, 2.05) is 0 Å². The van der Waals surface area contributed by atoms with Crippen molar-refractivity contribution in [3.8, 4) is 0 Å². The minimum absolute atomic E-state index is 0.0851. The first-order valence-electron chi connectivity index (χ1n) is 35.0.